The SMILES string of the molecule is O=C1N[C@@H](Cc2ccccc2)C(=O)N2CCCC[C@@H]2C(=O)N[C@@H](CCCCO)C(=O)N[C@H]1Cc1ccccc1. The topological polar surface area (TPSA) is 128 Å². The van der Waals surface area contributed by atoms with Crippen LogP contribution in [0.2, 0.25) is 0 Å². The molecule has 4 atom stereocenters. The minimum Gasteiger partial charge on any atom is -0.396 e. The summed E-state index contributed by atoms with van der Waals surface area (Å²) >= 11 is 0. The van der Waals surface area contributed by atoms with Crippen molar-refractivity contribution in [2.75, 3.05) is 13.2 Å². The maximum Gasteiger partial charge on any atom is 0.246 e. The molecule has 2 fully saturated rings. The van der Waals surface area contributed by atoms with Crippen LogP contribution in [0.4, 0.5) is 0 Å². The Kier molecular flexibility index (Phi) is 10.1. The Morgan fingerprint density at radius 1 is 0.692 bits per heavy atom. The summed E-state index contributed by atoms with van der Waals surface area (Å²) in [6, 6.07) is 15.4. The van der Waals surface area contributed by atoms with Crippen LogP contribution >= 0.6 is 0 Å². The van der Waals surface area contributed by atoms with E-state index in [-0.39, 0.29) is 31.3 Å². The third-order valence-corrected chi connectivity index (χ3v) is 7.44. The first-order chi connectivity index (χ1) is 19.0. The highest BCUT2D eigenvalue weighted by Crippen LogP contribution is 2.21. The van der Waals surface area contributed by atoms with Crippen LogP contribution in [0.5, 0.6) is 0 Å². The molecule has 2 saturated heterocycles. The first-order valence-corrected chi connectivity index (χ1v) is 13.9. The van der Waals surface area contributed by atoms with Gasteiger partial charge in [0.1, 0.15) is 24.2 Å². The van der Waals surface area contributed by atoms with Crippen molar-refractivity contribution in [2.45, 2.75) is 75.5 Å². The van der Waals surface area contributed by atoms with E-state index < -0.39 is 36.0 Å². The molecule has 2 aromatic carbocycles. The highest BCUT2D eigenvalue weighted by Gasteiger charge is 2.39. The summed E-state index contributed by atoms with van der Waals surface area (Å²) in [5, 5.41) is 17.9. The number of piperidine rings is 1. The smallest absolute Gasteiger partial charge is 0.246 e. The minimum atomic E-state index is -0.945. The van der Waals surface area contributed by atoms with Crippen LogP contribution in [0.3, 0.4) is 0 Å². The van der Waals surface area contributed by atoms with Crippen molar-refractivity contribution in [3.05, 3.63) is 71.8 Å². The Hall–Kier alpha value is -3.72. The van der Waals surface area contributed by atoms with Crippen LogP contribution in [0, 0.1) is 0 Å². The van der Waals surface area contributed by atoms with Crippen LogP contribution in [0.1, 0.15) is 49.7 Å². The number of rotatable bonds is 8. The summed E-state index contributed by atoms with van der Waals surface area (Å²) in [5.41, 5.74) is 1.74. The molecule has 4 rings (SSSR count). The zero-order valence-corrected chi connectivity index (χ0v) is 22.2. The highest BCUT2D eigenvalue weighted by atomic mass is 16.3. The lowest BCUT2D eigenvalue weighted by Crippen LogP contribution is -2.63. The van der Waals surface area contributed by atoms with Crippen LogP contribution in [-0.4, -0.2) is 71.0 Å². The van der Waals surface area contributed by atoms with Gasteiger partial charge >= 0.3 is 0 Å². The third kappa shape index (κ3) is 7.66. The van der Waals surface area contributed by atoms with Gasteiger partial charge in [-0.25, -0.2) is 0 Å². The number of carbonyl (C=O) groups excluding carboxylic acids is 4. The van der Waals surface area contributed by atoms with Gasteiger partial charge < -0.3 is 26.0 Å². The van der Waals surface area contributed by atoms with Gasteiger partial charge in [0.15, 0.2) is 0 Å². The van der Waals surface area contributed by atoms with Crippen molar-refractivity contribution in [1.82, 2.24) is 20.9 Å². The fourth-order valence-electron chi connectivity index (χ4n) is 5.32. The zero-order chi connectivity index (χ0) is 27.6. The average Bonchev–Trinajstić information content (AvgIpc) is 2.96. The lowest BCUT2D eigenvalue weighted by Gasteiger charge is -2.38. The number of hydrogen-bond acceptors (Lipinski definition) is 5. The summed E-state index contributed by atoms with van der Waals surface area (Å²) < 4.78 is 0. The molecule has 2 aliphatic rings. The Morgan fingerprint density at radius 3 is 1.90 bits per heavy atom. The molecule has 2 heterocycles. The Labute approximate surface area is 229 Å². The molecule has 0 aromatic heterocycles. The Balaban J connectivity index is 1.68. The molecule has 9 heteroatoms. The van der Waals surface area contributed by atoms with Crippen molar-refractivity contribution in [1.29, 1.82) is 0 Å². The second kappa shape index (κ2) is 13.9. The number of amides is 4. The predicted octanol–water partition coefficient (Wildman–Crippen LogP) is 1.48. The molecule has 0 saturated carbocycles. The molecule has 0 spiro atoms. The van der Waals surface area contributed by atoms with Gasteiger partial charge in [-0.05, 0) is 49.7 Å². The molecule has 0 aliphatic carbocycles. The van der Waals surface area contributed by atoms with E-state index in [4.69, 9.17) is 0 Å². The molecule has 2 aliphatic heterocycles. The van der Waals surface area contributed by atoms with E-state index in [1.165, 1.54) is 0 Å². The highest BCUT2D eigenvalue weighted by molar-refractivity contribution is 5.97. The molecule has 0 bridgehead atoms. The number of aliphatic hydroxyl groups excluding tert-OH is 1. The molecular formula is C30H38N4O5. The van der Waals surface area contributed by atoms with Crippen LogP contribution in [-0.2, 0) is 32.0 Å². The molecule has 0 unspecified atom stereocenters. The third-order valence-electron chi connectivity index (χ3n) is 7.44. The fraction of sp³-hybridized carbons (Fsp3) is 0.467. The van der Waals surface area contributed by atoms with Gasteiger partial charge in [-0.1, -0.05) is 60.7 Å². The lowest BCUT2D eigenvalue weighted by molar-refractivity contribution is -0.146. The molecule has 208 valence electrons. The van der Waals surface area contributed by atoms with E-state index in [1.54, 1.807) is 4.90 Å². The van der Waals surface area contributed by atoms with Gasteiger partial charge in [0.05, 0.1) is 0 Å². The second-order valence-corrected chi connectivity index (χ2v) is 10.3. The van der Waals surface area contributed by atoms with Crippen molar-refractivity contribution < 1.29 is 24.3 Å². The molecule has 4 N–H and O–H groups in total. The van der Waals surface area contributed by atoms with Gasteiger partial charge in [0.2, 0.25) is 23.6 Å². The minimum absolute atomic E-state index is 0.0188. The zero-order valence-electron chi connectivity index (χ0n) is 22.2. The van der Waals surface area contributed by atoms with Gasteiger partial charge in [-0.15, -0.1) is 0 Å². The first-order valence-electron chi connectivity index (χ1n) is 13.9. The van der Waals surface area contributed by atoms with E-state index in [0.717, 1.165) is 24.0 Å². The molecule has 4 amide bonds. The van der Waals surface area contributed by atoms with Gasteiger partial charge in [-0.2, -0.15) is 0 Å². The number of fused-ring (bicyclic) bond motifs is 1. The van der Waals surface area contributed by atoms with Crippen molar-refractivity contribution >= 4 is 23.6 Å². The van der Waals surface area contributed by atoms with Gasteiger partial charge in [0, 0.05) is 26.0 Å². The lowest BCUT2D eigenvalue weighted by atomic mass is 9.96. The Bertz CT molecular complexity index is 1130. The largest absolute Gasteiger partial charge is 0.396 e. The summed E-state index contributed by atoms with van der Waals surface area (Å²) in [4.78, 5) is 56.1. The molecule has 39 heavy (non-hydrogen) atoms. The van der Waals surface area contributed by atoms with Crippen LogP contribution in [0.15, 0.2) is 60.7 Å². The molecule has 9 nitrogen and oxygen atoms in total. The summed E-state index contributed by atoms with van der Waals surface area (Å²) in [5.74, 6) is -1.56. The van der Waals surface area contributed by atoms with E-state index in [0.29, 0.717) is 32.2 Å². The molecular weight excluding hydrogens is 496 g/mol. The monoisotopic (exact) mass is 534 g/mol. The fourth-order valence-corrected chi connectivity index (χ4v) is 5.32. The summed E-state index contributed by atoms with van der Waals surface area (Å²) in [7, 11) is 0. The number of nitrogens with zero attached hydrogens (tertiary/aromatic N) is 1. The molecule has 2 aromatic rings. The maximum absolute atomic E-state index is 13.9. The van der Waals surface area contributed by atoms with E-state index in [9.17, 15) is 24.3 Å². The van der Waals surface area contributed by atoms with Crippen LogP contribution in [0.25, 0.3) is 0 Å². The standard InChI is InChI=1S/C30H38N4O5/c35-18-10-8-15-23-27(36)32-24(19-21-11-3-1-4-12-21)28(37)33-25(20-22-13-5-2-6-14-22)30(39)34-17-9-7-16-26(34)29(38)31-23/h1-6,11-14,23-26,35H,7-10,15-20H2,(H,31,38)(H,32,36)(H,33,37)/t23-,24-,25-,26+/m0/s1. The normalized spacial score (nSPS) is 24.5. The average molecular weight is 535 g/mol. The summed E-state index contributed by atoms with van der Waals surface area (Å²) in [6.45, 7) is 0.391. The number of benzene rings is 2. The van der Waals surface area contributed by atoms with E-state index in [1.807, 2.05) is 60.7 Å². The number of aliphatic hydroxyl groups is 1. The Morgan fingerprint density at radius 2 is 1.26 bits per heavy atom. The quantitative estimate of drug-likeness (QED) is 0.382. The van der Waals surface area contributed by atoms with Crippen molar-refractivity contribution in [3.8, 4) is 0 Å². The maximum atomic E-state index is 13.9. The second-order valence-electron chi connectivity index (χ2n) is 10.3. The summed E-state index contributed by atoms with van der Waals surface area (Å²) in [6.07, 6.45) is 3.87. The van der Waals surface area contributed by atoms with Gasteiger partial charge in [-0.3, -0.25) is 19.2 Å². The van der Waals surface area contributed by atoms with Crippen molar-refractivity contribution in [2.24, 2.45) is 0 Å². The van der Waals surface area contributed by atoms with E-state index >= 15 is 0 Å². The molecule has 0 radical (unpaired) electrons. The van der Waals surface area contributed by atoms with Gasteiger partial charge in [0.25, 0.3) is 0 Å². The number of nitrogens with one attached hydrogen (secondary N) is 3. The number of unbranched alkanes of at least 4 members (excludes halogenated alkanes) is 1. The van der Waals surface area contributed by atoms with Crippen LogP contribution < -0.4 is 16.0 Å². The number of hydrogen-bond donors (Lipinski definition) is 4. The number of carbonyl (C=O) groups is 4. The van der Waals surface area contributed by atoms with Crippen molar-refractivity contribution in [3.63, 3.8) is 0 Å². The van der Waals surface area contributed by atoms with E-state index in [2.05, 4.69) is 16.0 Å². The first kappa shape index (κ1) is 28.3. The predicted molar refractivity (Wildman–Crippen MR) is 146 cm³/mol.